The third-order valence-electron chi connectivity index (χ3n) is 8.19. The average molecular weight is 627 g/mol. The first-order valence-electron chi connectivity index (χ1n) is 16.5. The number of hydrogen-bond acceptors (Lipinski definition) is 9. The molecule has 9 nitrogen and oxygen atoms in total. The number of aliphatic imine (C=N–C) groups is 1. The van der Waals surface area contributed by atoms with Gasteiger partial charge in [0.15, 0.2) is 0 Å². The second kappa shape index (κ2) is 18.0. The van der Waals surface area contributed by atoms with E-state index in [1.807, 2.05) is 31.2 Å². The first-order chi connectivity index (χ1) is 21.5. The van der Waals surface area contributed by atoms with Crippen molar-refractivity contribution in [3.63, 3.8) is 0 Å². The molecule has 44 heavy (non-hydrogen) atoms. The lowest BCUT2D eigenvalue weighted by Crippen LogP contribution is -2.47. The van der Waals surface area contributed by atoms with E-state index >= 15 is 0 Å². The molecule has 1 fully saturated rings. The average Bonchev–Trinajstić information content (AvgIpc) is 3.33. The van der Waals surface area contributed by atoms with Gasteiger partial charge in [-0.3, -0.25) is 0 Å². The highest BCUT2D eigenvalue weighted by molar-refractivity contribution is 7.16. The zero-order valence-electron chi connectivity index (χ0n) is 26.9. The number of amides is 1. The molecule has 2 aliphatic rings. The van der Waals surface area contributed by atoms with Crippen molar-refractivity contribution in [3.05, 3.63) is 40.8 Å². The third-order valence-corrected chi connectivity index (χ3v) is 9.23. The first-order valence-corrected chi connectivity index (χ1v) is 17.3. The number of likely N-dealkylation sites (N-methyl/N-ethyl adjacent to an activating group) is 1. The zero-order valence-corrected chi connectivity index (χ0v) is 27.7. The molecule has 1 aromatic heterocycles. The van der Waals surface area contributed by atoms with E-state index in [1.165, 1.54) is 74.0 Å². The number of piperazine rings is 1. The summed E-state index contributed by atoms with van der Waals surface area (Å²) in [6.45, 7) is 7.63. The molecule has 3 heterocycles. The first kappa shape index (κ1) is 33.8. The van der Waals surface area contributed by atoms with Gasteiger partial charge < -0.3 is 24.0 Å². The van der Waals surface area contributed by atoms with Gasteiger partial charge in [0.2, 0.25) is 6.79 Å². The molecule has 2 aromatic rings. The van der Waals surface area contributed by atoms with Crippen LogP contribution in [0.2, 0.25) is 0 Å². The smallest absolute Gasteiger partial charge is 0.434 e. The molecule has 0 bridgehead atoms. The van der Waals surface area contributed by atoms with Crippen LogP contribution < -0.4 is 4.90 Å². The molecule has 242 valence electrons. The lowest BCUT2D eigenvalue weighted by molar-refractivity contribution is -0.0127. The van der Waals surface area contributed by atoms with Crippen molar-refractivity contribution in [3.8, 4) is 0 Å². The van der Waals surface area contributed by atoms with E-state index in [9.17, 15) is 9.59 Å². The van der Waals surface area contributed by atoms with Crippen LogP contribution in [0, 0.1) is 6.92 Å². The van der Waals surface area contributed by atoms with Gasteiger partial charge in [0.25, 0.3) is 0 Å². The molecule has 1 saturated heterocycles. The summed E-state index contributed by atoms with van der Waals surface area (Å²) in [6, 6.07) is 9.62. The number of carbonyl (C=O) groups is 2. The molecule has 0 radical (unpaired) electrons. The minimum Gasteiger partial charge on any atom is -0.434 e. The van der Waals surface area contributed by atoms with Crippen molar-refractivity contribution in [2.75, 3.05) is 51.5 Å². The summed E-state index contributed by atoms with van der Waals surface area (Å²) in [7, 11) is 2.12. The van der Waals surface area contributed by atoms with Crippen LogP contribution in [0.3, 0.4) is 0 Å². The standard InChI is InChI=1S/C34H50N4O5S/c1-4-5-6-7-8-9-10-11-12-13-14-17-24-41-34(40)43-26-42-33(39)38-30-19-16-15-18-29(30)35-31(28-25-27(2)44-32(28)38)37-22-20-36(3)21-23-37/h15-16,18-19,25H,4-14,17,20-24,26H2,1-3H3. The number of fused-ring (bicyclic) bond motifs is 2. The Kier molecular flexibility index (Phi) is 13.8. The summed E-state index contributed by atoms with van der Waals surface area (Å²) in [4.78, 5) is 37.8. The van der Waals surface area contributed by atoms with Crippen molar-refractivity contribution < 1.29 is 23.8 Å². The van der Waals surface area contributed by atoms with Crippen LogP contribution in [0.5, 0.6) is 0 Å². The van der Waals surface area contributed by atoms with Crippen LogP contribution in [-0.4, -0.2) is 74.5 Å². The monoisotopic (exact) mass is 626 g/mol. The van der Waals surface area contributed by atoms with Crippen molar-refractivity contribution in [2.24, 2.45) is 4.99 Å². The topological polar surface area (TPSA) is 83.9 Å². The molecule has 0 unspecified atom stereocenters. The number of nitrogens with zero attached hydrogens (tertiary/aromatic N) is 4. The van der Waals surface area contributed by atoms with Crippen LogP contribution in [0.15, 0.2) is 35.3 Å². The van der Waals surface area contributed by atoms with E-state index in [-0.39, 0.29) is 0 Å². The van der Waals surface area contributed by atoms with Gasteiger partial charge >= 0.3 is 12.2 Å². The molecule has 2 aliphatic heterocycles. The minimum atomic E-state index is -0.828. The molecule has 0 aliphatic carbocycles. The van der Waals surface area contributed by atoms with Crippen molar-refractivity contribution in [1.82, 2.24) is 9.80 Å². The summed E-state index contributed by atoms with van der Waals surface area (Å²) >= 11 is 1.51. The van der Waals surface area contributed by atoms with Gasteiger partial charge in [-0.2, -0.15) is 0 Å². The highest BCUT2D eigenvalue weighted by atomic mass is 32.1. The molecule has 0 atom stereocenters. The molecule has 4 rings (SSSR count). The van der Waals surface area contributed by atoms with E-state index in [0.717, 1.165) is 66.7 Å². The van der Waals surface area contributed by atoms with Gasteiger partial charge in [-0.1, -0.05) is 89.7 Å². The predicted octanol–water partition coefficient (Wildman–Crippen LogP) is 8.78. The second-order valence-corrected chi connectivity index (χ2v) is 13.0. The Morgan fingerprint density at radius 1 is 0.841 bits per heavy atom. The van der Waals surface area contributed by atoms with Gasteiger partial charge in [-0.15, -0.1) is 11.3 Å². The van der Waals surface area contributed by atoms with Gasteiger partial charge in [-0.05, 0) is 38.6 Å². The molecule has 10 heteroatoms. The quantitative estimate of drug-likeness (QED) is 0.111. The molecule has 1 aromatic carbocycles. The highest BCUT2D eigenvalue weighted by Crippen LogP contribution is 2.44. The van der Waals surface area contributed by atoms with Crippen molar-refractivity contribution in [2.45, 2.75) is 90.9 Å². The lowest BCUT2D eigenvalue weighted by Gasteiger charge is -2.34. The van der Waals surface area contributed by atoms with Crippen LogP contribution >= 0.6 is 11.3 Å². The van der Waals surface area contributed by atoms with Gasteiger partial charge in [0, 0.05) is 31.1 Å². The Bertz CT molecular complexity index is 1220. The number of ether oxygens (including phenoxy) is 3. The number of aryl methyl sites for hydroxylation is 1. The number of benzene rings is 1. The van der Waals surface area contributed by atoms with Crippen LogP contribution in [0.25, 0.3) is 0 Å². The Labute approximate surface area is 267 Å². The maximum absolute atomic E-state index is 13.5. The Morgan fingerprint density at radius 2 is 1.48 bits per heavy atom. The fraction of sp³-hybridized carbons (Fsp3) is 0.618. The van der Waals surface area contributed by atoms with E-state index < -0.39 is 19.0 Å². The molecular weight excluding hydrogens is 576 g/mol. The van der Waals surface area contributed by atoms with Crippen molar-refractivity contribution >= 4 is 45.8 Å². The summed E-state index contributed by atoms with van der Waals surface area (Å²) in [6.07, 6.45) is 13.4. The van der Waals surface area contributed by atoms with Crippen LogP contribution in [0.1, 0.15) is 94.4 Å². The molecular formula is C34H50N4O5S. The number of anilines is 2. The predicted molar refractivity (Wildman–Crippen MR) is 178 cm³/mol. The molecule has 1 amide bonds. The fourth-order valence-electron chi connectivity index (χ4n) is 5.63. The van der Waals surface area contributed by atoms with E-state index in [0.29, 0.717) is 18.0 Å². The number of para-hydroxylation sites is 2. The largest absolute Gasteiger partial charge is 0.511 e. The summed E-state index contributed by atoms with van der Waals surface area (Å²) in [5, 5.41) is 0.740. The number of rotatable bonds is 15. The minimum absolute atomic E-state index is 0.300. The van der Waals surface area contributed by atoms with Gasteiger partial charge in [0.05, 0.1) is 23.5 Å². The number of amidine groups is 1. The van der Waals surface area contributed by atoms with Gasteiger partial charge in [0.1, 0.15) is 10.8 Å². The third kappa shape index (κ3) is 9.95. The van der Waals surface area contributed by atoms with Gasteiger partial charge in [-0.25, -0.2) is 19.5 Å². The van der Waals surface area contributed by atoms with Crippen LogP contribution in [0.4, 0.5) is 26.0 Å². The molecule has 0 spiro atoms. The highest BCUT2D eigenvalue weighted by Gasteiger charge is 2.33. The molecule has 0 saturated carbocycles. The van der Waals surface area contributed by atoms with E-state index in [1.54, 1.807) is 0 Å². The molecule has 0 N–H and O–H groups in total. The fourth-order valence-corrected chi connectivity index (χ4v) is 6.64. The Hall–Kier alpha value is -3.11. The number of thiophene rings is 1. The summed E-state index contributed by atoms with van der Waals surface area (Å²) in [5.41, 5.74) is 2.20. The number of carbonyl (C=O) groups excluding carboxylic acids is 2. The van der Waals surface area contributed by atoms with Crippen molar-refractivity contribution in [1.29, 1.82) is 0 Å². The number of hydrogen-bond donors (Lipinski definition) is 0. The lowest BCUT2D eigenvalue weighted by atomic mass is 10.1. The zero-order chi connectivity index (χ0) is 31.1. The Balaban J connectivity index is 1.21. The summed E-state index contributed by atoms with van der Waals surface area (Å²) < 4.78 is 15.7. The van der Waals surface area contributed by atoms with E-state index in [4.69, 9.17) is 19.2 Å². The maximum atomic E-state index is 13.5. The summed E-state index contributed by atoms with van der Waals surface area (Å²) in [5.74, 6) is 0.859. The van der Waals surface area contributed by atoms with Crippen LogP contribution in [-0.2, 0) is 14.2 Å². The SMILES string of the molecule is CCCCCCCCCCCCCCOC(=O)OCOC(=O)N1c2ccccc2N=C(N2CCN(C)CC2)c2cc(C)sc21. The normalized spacial score (nSPS) is 14.8. The Morgan fingerprint density at radius 3 is 2.16 bits per heavy atom. The maximum Gasteiger partial charge on any atom is 0.511 e. The second-order valence-electron chi connectivity index (χ2n) is 11.8. The van der Waals surface area contributed by atoms with E-state index in [2.05, 4.69) is 29.8 Å². The number of unbranched alkanes of at least 4 members (excludes halogenated alkanes) is 11.